The van der Waals surface area contributed by atoms with Crippen LogP contribution in [0.3, 0.4) is 0 Å². The zero-order chi connectivity index (χ0) is 25.2. The van der Waals surface area contributed by atoms with Crippen molar-refractivity contribution in [3.63, 3.8) is 0 Å². The number of halogens is 1. The molecule has 1 atom stereocenters. The van der Waals surface area contributed by atoms with E-state index in [0.29, 0.717) is 11.4 Å². The first-order chi connectivity index (χ1) is 17.4. The Bertz CT molecular complexity index is 1490. The van der Waals surface area contributed by atoms with E-state index in [-0.39, 0.29) is 30.4 Å². The van der Waals surface area contributed by atoms with Crippen molar-refractivity contribution < 1.29 is 23.5 Å². The summed E-state index contributed by atoms with van der Waals surface area (Å²) in [5, 5.41) is 6.22. The zero-order valence-corrected chi connectivity index (χ0v) is 19.1. The summed E-state index contributed by atoms with van der Waals surface area (Å²) >= 11 is 0. The van der Waals surface area contributed by atoms with Gasteiger partial charge in [-0.05, 0) is 30.3 Å². The van der Waals surface area contributed by atoms with E-state index in [2.05, 4.69) is 20.6 Å². The summed E-state index contributed by atoms with van der Waals surface area (Å²) in [5.74, 6) is -1.32. The lowest BCUT2D eigenvalue weighted by Crippen LogP contribution is -2.33. The molecule has 5 rings (SSSR count). The summed E-state index contributed by atoms with van der Waals surface area (Å²) in [7, 11) is 0. The Hall–Kier alpha value is -4.80. The number of benzene rings is 2. The van der Waals surface area contributed by atoms with Gasteiger partial charge < -0.3 is 19.9 Å². The summed E-state index contributed by atoms with van der Waals surface area (Å²) in [4.78, 5) is 45.7. The van der Waals surface area contributed by atoms with Gasteiger partial charge in [-0.1, -0.05) is 18.2 Å². The number of nitrogens with one attached hydrogen (secondary N) is 2. The van der Waals surface area contributed by atoms with Crippen molar-refractivity contribution in [1.29, 1.82) is 0 Å². The molecule has 3 amide bonds. The SMILES string of the molecule is CC(=O)NCC1CN(c2ccc(-n3cnc(C(=O)Nc4cnc5ccccc5c4)c3)c(F)c2)C(=O)O1. The molecule has 0 saturated carbocycles. The molecule has 0 aliphatic carbocycles. The number of hydrogen-bond donors (Lipinski definition) is 2. The molecule has 2 aromatic heterocycles. The number of carbonyl (C=O) groups is 3. The highest BCUT2D eigenvalue weighted by Gasteiger charge is 2.32. The van der Waals surface area contributed by atoms with Crippen molar-refractivity contribution in [1.82, 2.24) is 19.9 Å². The molecule has 2 aromatic carbocycles. The van der Waals surface area contributed by atoms with Crippen LogP contribution in [-0.2, 0) is 9.53 Å². The number of cyclic esters (lactones) is 1. The predicted octanol–water partition coefficient (Wildman–Crippen LogP) is 3.27. The van der Waals surface area contributed by atoms with Crippen LogP contribution in [0.5, 0.6) is 0 Å². The minimum atomic E-state index is -0.623. The summed E-state index contributed by atoms with van der Waals surface area (Å²) in [6.07, 6.45) is 3.15. The van der Waals surface area contributed by atoms with Crippen molar-refractivity contribution in [3.05, 3.63) is 78.8 Å². The highest BCUT2D eigenvalue weighted by atomic mass is 19.1. The van der Waals surface area contributed by atoms with Crippen LogP contribution < -0.4 is 15.5 Å². The fraction of sp³-hybridized carbons (Fsp3) is 0.160. The molecule has 1 aliphatic rings. The number of hydrogen-bond acceptors (Lipinski definition) is 6. The van der Waals surface area contributed by atoms with Crippen molar-refractivity contribution in [3.8, 4) is 5.69 Å². The topological polar surface area (TPSA) is 118 Å². The van der Waals surface area contributed by atoms with Crippen LogP contribution in [0.4, 0.5) is 20.6 Å². The molecule has 4 aromatic rings. The maximum atomic E-state index is 15.0. The van der Waals surface area contributed by atoms with Gasteiger partial charge in [0.15, 0.2) is 0 Å². The van der Waals surface area contributed by atoms with Crippen LogP contribution in [0.25, 0.3) is 16.6 Å². The molecule has 1 aliphatic heterocycles. The van der Waals surface area contributed by atoms with Gasteiger partial charge in [0, 0.05) is 18.5 Å². The third-order valence-corrected chi connectivity index (χ3v) is 5.64. The van der Waals surface area contributed by atoms with Gasteiger partial charge in [-0.3, -0.25) is 19.5 Å². The average Bonchev–Trinajstić information content (AvgIpc) is 3.49. The van der Waals surface area contributed by atoms with Crippen molar-refractivity contribution in [2.45, 2.75) is 13.0 Å². The van der Waals surface area contributed by atoms with Crippen molar-refractivity contribution in [2.75, 3.05) is 23.3 Å². The van der Waals surface area contributed by atoms with Crippen LogP contribution in [0.15, 0.2) is 67.3 Å². The third-order valence-electron chi connectivity index (χ3n) is 5.64. The van der Waals surface area contributed by atoms with E-state index in [4.69, 9.17) is 4.74 Å². The molecule has 2 N–H and O–H groups in total. The average molecular weight is 488 g/mol. The summed E-state index contributed by atoms with van der Waals surface area (Å²) < 4.78 is 21.6. The molecular weight excluding hydrogens is 467 g/mol. The van der Waals surface area contributed by atoms with Crippen LogP contribution in [0.2, 0.25) is 0 Å². The zero-order valence-electron chi connectivity index (χ0n) is 19.1. The van der Waals surface area contributed by atoms with Crippen LogP contribution >= 0.6 is 0 Å². The van der Waals surface area contributed by atoms with Gasteiger partial charge in [0.1, 0.15) is 23.9 Å². The summed E-state index contributed by atoms with van der Waals surface area (Å²) in [5.41, 5.74) is 1.88. The van der Waals surface area contributed by atoms with Crippen LogP contribution in [0, 0.1) is 5.82 Å². The van der Waals surface area contributed by atoms with Gasteiger partial charge >= 0.3 is 6.09 Å². The lowest BCUT2D eigenvalue weighted by molar-refractivity contribution is -0.119. The maximum Gasteiger partial charge on any atom is 0.414 e. The van der Waals surface area contributed by atoms with E-state index in [0.717, 1.165) is 10.9 Å². The first-order valence-electron chi connectivity index (χ1n) is 11.1. The molecule has 3 heterocycles. The highest BCUT2D eigenvalue weighted by Crippen LogP contribution is 2.26. The number of aromatic nitrogens is 3. The van der Waals surface area contributed by atoms with Gasteiger partial charge in [-0.25, -0.2) is 14.2 Å². The number of imidazole rings is 1. The second-order valence-corrected chi connectivity index (χ2v) is 8.23. The highest BCUT2D eigenvalue weighted by molar-refractivity contribution is 6.03. The summed E-state index contributed by atoms with van der Waals surface area (Å²) in [6, 6.07) is 13.6. The lowest BCUT2D eigenvalue weighted by atomic mass is 10.2. The Labute approximate surface area is 204 Å². The molecule has 0 radical (unpaired) electrons. The Balaban J connectivity index is 1.29. The second-order valence-electron chi connectivity index (χ2n) is 8.23. The fourth-order valence-corrected chi connectivity index (χ4v) is 3.88. The molecule has 10 nitrogen and oxygen atoms in total. The Morgan fingerprint density at radius 1 is 1.17 bits per heavy atom. The normalized spacial score (nSPS) is 15.1. The minimum absolute atomic E-state index is 0.0931. The van der Waals surface area contributed by atoms with Gasteiger partial charge in [0.2, 0.25) is 5.91 Å². The minimum Gasteiger partial charge on any atom is -0.442 e. The molecule has 182 valence electrons. The molecule has 0 bridgehead atoms. The molecule has 36 heavy (non-hydrogen) atoms. The smallest absolute Gasteiger partial charge is 0.414 e. The third kappa shape index (κ3) is 4.71. The number of para-hydroxylation sites is 1. The van der Waals surface area contributed by atoms with E-state index in [1.165, 1.54) is 41.0 Å². The van der Waals surface area contributed by atoms with Gasteiger partial charge in [-0.15, -0.1) is 0 Å². The molecule has 1 fully saturated rings. The van der Waals surface area contributed by atoms with Crippen molar-refractivity contribution in [2.24, 2.45) is 0 Å². The fourth-order valence-electron chi connectivity index (χ4n) is 3.88. The quantitative estimate of drug-likeness (QED) is 0.430. The largest absolute Gasteiger partial charge is 0.442 e. The number of pyridine rings is 1. The summed E-state index contributed by atoms with van der Waals surface area (Å²) in [6.45, 7) is 1.72. The van der Waals surface area contributed by atoms with Gasteiger partial charge in [0.25, 0.3) is 5.91 Å². The number of nitrogens with zero attached hydrogens (tertiary/aromatic N) is 4. The maximum absolute atomic E-state index is 15.0. The first kappa shape index (κ1) is 23.0. The number of fused-ring (bicyclic) bond motifs is 1. The van der Waals surface area contributed by atoms with E-state index >= 15 is 0 Å². The molecule has 0 spiro atoms. The van der Waals surface area contributed by atoms with Crippen molar-refractivity contribution >= 4 is 40.2 Å². The molecule has 1 unspecified atom stereocenters. The standard InChI is InChI=1S/C25H21FN6O4/c1-15(33)27-11-19-12-32(25(35)36-19)18-6-7-23(20(26)9-18)31-13-22(29-14-31)24(34)30-17-8-16-4-2-3-5-21(16)28-10-17/h2-10,13-14,19H,11-12H2,1H3,(H,27,33)(H,30,34). The number of rotatable bonds is 6. The lowest BCUT2D eigenvalue weighted by Gasteiger charge is -2.14. The Morgan fingerprint density at radius 2 is 2.00 bits per heavy atom. The Kier molecular flexibility index (Phi) is 6.03. The molecule has 1 saturated heterocycles. The molecule has 11 heteroatoms. The second kappa shape index (κ2) is 9.45. The number of anilines is 2. The van der Waals surface area contributed by atoms with Crippen LogP contribution in [0.1, 0.15) is 17.4 Å². The number of ether oxygens (including phenoxy) is 1. The van der Waals surface area contributed by atoms with Crippen LogP contribution in [-0.4, -0.2) is 51.6 Å². The number of amides is 3. The Morgan fingerprint density at radius 3 is 2.81 bits per heavy atom. The van der Waals surface area contributed by atoms with E-state index in [1.807, 2.05) is 24.3 Å². The van der Waals surface area contributed by atoms with E-state index in [1.54, 1.807) is 18.3 Å². The predicted molar refractivity (Wildman–Crippen MR) is 130 cm³/mol. The number of carbonyl (C=O) groups excluding carboxylic acids is 3. The van der Waals surface area contributed by atoms with E-state index < -0.39 is 23.9 Å². The van der Waals surface area contributed by atoms with Gasteiger partial charge in [0.05, 0.1) is 41.9 Å². The van der Waals surface area contributed by atoms with Gasteiger partial charge in [-0.2, -0.15) is 0 Å². The van der Waals surface area contributed by atoms with E-state index in [9.17, 15) is 18.8 Å². The monoisotopic (exact) mass is 488 g/mol. The first-order valence-corrected chi connectivity index (χ1v) is 11.1. The molecular formula is C25H21FN6O4.